The van der Waals surface area contributed by atoms with E-state index in [0.717, 1.165) is 5.56 Å². The van der Waals surface area contributed by atoms with Gasteiger partial charge in [0.05, 0.1) is 11.5 Å². The molecular weight excluding hydrogens is 378 g/mol. The third-order valence-corrected chi connectivity index (χ3v) is 6.20. The molecule has 2 rings (SSSR count). The standard InChI is InChI=1S/C17H24ClN3O4S/c1-11(2)15(16(22)19-9-12-3-5-13(18)6-4-12)21-17(23)20-14-7-8-26(24,25)10-14/h3-6,11,14-15H,7-10H2,1-2H3,(H,19,22)(H2,20,21,23)/t14?,15-/m0/s1. The molecular formula is C17H24ClN3O4S. The summed E-state index contributed by atoms with van der Waals surface area (Å²) in [6.07, 6.45) is 0.394. The summed E-state index contributed by atoms with van der Waals surface area (Å²) in [6, 6.07) is 5.44. The number of hydrogen-bond donors (Lipinski definition) is 3. The molecule has 2 atom stereocenters. The van der Waals surface area contributed by atoms with Gasteiger partial charge in [0.15, 0.2) is 9.84 Å². The number of benzene rings is 1. The topological polar surface area (TPSA) is 104 Å². The minimum atomic E-state index is -3.08. The lowest BCUT2D eigenvalue weighted by Gasteiger charge is -2.23. The average Bonchev–Trinajstić information content (AvgIpc) is 2.90. The van der Waals surface area contributed by atoms with Crippen LogP contribution in [0.25, 0.3) is 0 Å². The minimum absolute atomic E-state index is 0.0600. The maximum atomic E-state index is 12.4. The number of nitrogens with one attached hydrogen (secondary N) is 3. The summed E-state index contributed by atoms with van der Waals surface area (Å²) in [4.78, 5) is 24.6. The Kier molecular flexibility index (Phi) is 6.88. The van der Waals surface area contributed by atoms with Crippen molar-refractivity contribution in [1.82, 2.24) is 16.0 Å². The number of urea groups is 1. The molecule has 9 heteroatoms. The third kappa shape index (κ3) is 6.17. The molecule has 0 spiro atoms. The summed E-state index contributed by atoms with van der Waals surface area (Å²) in [6.45, 7) is 3.98. The van der Waals surface area contributed by atoms with Crippen LogP contribution >= 0.6 is 11.6 Å². The maximum Gasteiger partial charge on any atom is 0.315 e. The first-order valence-corrected chi connectivity index (χ1v) is 10.7. The first-order chi connectivity index (χ1) is 12.2. The fourth-order valence-corrected chi connectivity index (χ4v) is 4.51. The Balaban J connectivity index is 1.87. The molecule has 3 amide bonds. The molecule has 1 fully saturated rings. The van der Waals surface area contributed by atoms with Gasteiger partial charge in [-0.05, 0) is 30.0 Å². The minimum Gasteiger partial charge on any atom is -0.350 e. The van der Waals surface area contributed by atoms with Crippen molar-refractivity contribution in [2.24, 2.45) is 5.92 Å². The molecule has 0 radical (unpaired) electrons. The summed E-state index contributed by atoms with van der Waals surface area (Å²) in [7, 11) is -3.08. The van der Waals surface area contributed by atoms with Gasteiger partial charge in [0.2, 0.25) is 5.91 Å². The van der Waals surface area contributed by atoms with E-state index in [1.165, 1.54) is 0 Å². The summed E-state index contributed by atoms with van der Waals surface area (Å²) in [5.41, 5.74) is 0.894. The highest BCUT2D eigenvalue weighted by Crippen LogP contribution is 2.12. The average molecular weight is 402 g/mol. The molecule has 1 aliphatic heterocycles. The lowest BCUT2D eigenvalue weighted by Crippen LogP contribution is -2.54. The SMILES string of the molecule is CC(C)[C@H](NC(=O)NC1CCS(=O)(=O)C1)C(=O)NCc1ccc(Cl)cc1. The van der Waals surface area contributed by atoms with E-state index in [2.05, 4.69) is 16.0 Å². The molecule has 0 aliphatic carbocycles. The van der Waals surface area contributed by atoms with Crippen LogP contribution in [-0.4, -0.2) is 43.9 Å². The van der Waals surface area contributed by atoms with Gasteiger partial charge < -0.3 is 16.0 Å². The molecule has 7 nitrogen and oxygen atoms in total. The predicted octanol–water partition coefficient (Wildman–Crippen LogP) is 1.47. The quantitative estimate of drug-likeness (QED) is 0.671. The van der Waals surface area contributed by atoms with Crippen LogP contribution in [-0.2, 0) is 21.2 Å². The van der Waals surface area contributed by atoms with E-state index in [4.69, 9.17) is 11.6 Å². The van der Waals surface area contributed by atoms with Crippen molar-refractivity contribution in [3.05, 3.63) is 34.9 Å². The molecule has 1 unspecified atom stereocenters. The summed E-state index contributed by atoms with van der Waals surface area (Å²) >= 11 is 5.83. The second-order valence-electron chi connectivity index (χ2n) is 6.78. The van der Waals surface area contributed by atoms with Gasteiger partial charge in [-0.3, -0.25) is 4.79 Å². The largest absolute Gasteiger partial charge is 0.350 e. The van der Waals surface area contributed by atoms with Crippen molar-refractivity contribution >= 4 is 33.4 Å². The molecule has 1 aliphatic rings. The highest BCUT2D eigenvalue weighted by molar-refractivity contribution is 7.91. The van der Waals surface area contributed by atoms with Crippen LogP contribution in [0.4, 0.5) is 4.79 Å². The van der Waals surface area contributed by atoms with E-state index in [0.29, 0.717) is 18.0 Å². The summed E-state index contributed by atoms with van der Waals surface area (Å²) in [5, 5.41) is 8.68. The zero-order valence-corrected chi connectivity index (χ0v) is 16.4. The number of carbonyl (C=O) groups excluding carboxylic acids is 2. The van der Waals surface area contributed by atoms with Crippen molar-refractivity contribution in [3.8, 4) is 0 Å². The van der Waals surface area contributed by atoms with Crippen molar-refractivity contribution in [2.45, 2.75) is 38.9 Å². The van der Waals surface area contributed by atoms with E-state index in [-0.39, 0.29) is 23.3 Å². The van der Waals surface area contributed by atoms with Gasteiger partial charge in [-0.15, -0.1) is 0 Å². The second-order valence-corrected chi connectivity index (χ2v) is 9.45. The lowest BCUT2D eigenvalue weighted by atomic mass is 10.0. The van der Waals surface area contributed by atoms with Crippen LogP contribution in [0.1, 0.15) is 25.8 Å². The van der Waals surface area contributed by atoms with Gasteiger partial charge in [-0.2, -0.15) is 0 Å². The fraction of sp³-hybridized carbons (Fsp3) is 0.529. The van der Waals surface area contributed by atoms with Gasteiger partial charge in [0.1, 0.15) is 6.04 Å². The van der Waals surface area contributed by atoms with Crippen LogP contribution in [0.15, 0.2) is 24.3 Å². The Morgan fingerprint density at radius 1 is 1.23 bits per heavy atom. The van der Waals surface area contributed by atoms with Gasteiger partial charge in [0.25, 0.3) is 0 Å². The first kappa shape index (κ1) is 20.5. The monoisotopic (exact) mass is 401 g/mol. The van der Waals surface area contributed by atoms with E-state index in [1.54, 1.807) is 12.1 Å². The van der Waals surface area contributed by atoms with Gasteiger partial charge in [-0.25, -0.2) is 13.2 Å². The number of rotatable bonds is 6. The Bertz CT molecular complexity index is 750. The highest BCUT2D eigenvalue weighted by Gasteiger charge is 2.30. The van der Waals surface area contributed by atoms with E-state index in [9.17, 15) is 18.0 Å². The molecule has 0 bridgehead atoms. The van der Waals surface area contributed by atoms with Crippen molar-refractivity contribution in [2.75, 3.05) is 11.5 Å². The Labute approximate surface area is 158 Å². The zero-order valence-electron chi connectivity index (χ0n) is 14.8. The summed E-state index contributed by atoms with van der Waals surface area (Å²) < 4.78 is 22.9. The van der Waals surface area contributed by atoms with Crippen LogP contribution in [0.2, 0.25) is 5.02 Å². The van der Waals surface area contributed by atoms with Gasteiger partial charge in [-0.1, -0.05) is 37.6 Å². The van der Waals surface area contributed by atoms with Crippen LogP contribution in [0, 0.1) is 5.92 Å². The predicted molar refractivity (Wildman–Crippen MR) is 101 cm³/mol. The molecule has 1 saturated heterocycles. The molecule has 3 N–H and O–H groups in total. The summed E-state index contributed by atoms with van der Waals surface area (Å²) in [5.74, 6) is -0.412. The number of halogens is 1. The van der Waals surface area contributed by atoms with Crippen LogP contribution < -0.4 is 16.0 Å². The smallest absolute Gasteiger partial charge is 0.315 e. The number of sulfone groups is 1. The highest BCUT2D eigenvalue weighted by atomic mass is 35.5. The number of amides is 3. The van der Waals surface area contributed by atoms with Crippen molar-refractivity contribution in [1.29, 1.82) is 0 Å². The van der Waals surface area contributed by atoms with Crippen molar-refractivity contribution in [3.63, 3.8) is 0 Å². The van der Waals surface area contributed by atoms with E-state index < -0.39 is 28.0 Å². The molecule has 1 aromatic carbocycles. The second kappa shape index (κ2) is 8.73. The Morgan fingerprint density at radius 2 is 1.88 bits per heavy atom. The number of carbonyl (C=O) groups is 2. The molecule has 1 aromatic rings. The maximum absolute atomic E-state index is 12.4. The first-order valence-electron chi connectivity index (χ1n) is 8.46. The van der Waals surface area contributed by atoms with Crippen LogP contribution in [0.3, 0.4) is 0 Å². The lowest BCUT2D eigenvalue weighted by molar-refractivity contribution is -0.124. The third-order valence-electron chi connectivity index (χ3n) is 4.18. The molecule has 0 saturated carbocycles. The Morgan fingerprint density at radius 3 is 2.42 bits per heavy atom. The van der Waals surface area contributed by atoms with Crippen LogP contribution in [0.5, 0.6) is 0 Å². The molecule has 1 heterocycles. The number of hydrogen-bond acceptors (Lipinski definition) is 4. The molecule has 0 aromatic heterocycles. The van der Waals surface area contributed by atoms with Gasteiger partial charge in [0, 0.05) is 17.6 Å². The Hall–Kier alpha value is -1.80. The van der Waals surface area contributed by atoms with E-state index in [1.807, 2.05) is 26.0 Å². The van der Waals surface area contributed by atoms with E-state index >= 15 is 0 Å². The van der Waals surface area contributed by atoms with Gasteiger partial charge >= 0.3 is 6.03 Å². The fourth-order valence-electron chi connectivity index (χ4n) is 2.71. The van der Waals surface area contributed by atoms with Crippen molar-refractivity contribution < 1.29 is 18.0 Å². The zero-order chi connectivity index (χ0) is 19.3. The normalized spacial score (nSPS) is 19.8. The molecule has 144 valence electrons. The molecule has 26 heavy (non-hydrogen) atoms.